The van der Waals surface area contributed by atoms with Crippen molar-refractivity contribution < 1.29 is 19.3 Å². The van der Waals surface area contributed by atoms with Crippen LogP contribution in [0.2, 0.25) is 0 Å². The fourth-order valence-electron chi connectivity index (χ4n) is 1.24. The van der Waals surface area contributed by atoms with E-state index in [1.54, 1.807) is 7.11 Å². The van der Waals surface area contributed by atoms with Crippen LogP contribution in [0.25, 0.3) is 0 Å². The van der Waals surface area contributed by atoms with Gasteiger partial charge in [0, 0.05) is 7.11 Å². The second-order valence-corrected chi connectivity index (χ2v) is 3.91. The Morgan fingerprint density at radius 3 is 2.81 bits per heavy atom. The highest BCUT2D eigenvalue weighted by molar-refractivity contribution is 5.23. The molecule has 0 aromatic heterocycles. The molecule has 1 fully saturated rings. The van der Waals surface area contributed by atoms with Gasteiger partial charge in [0.15, 0.2) is 5.60 Å². The number of aliphatic hydroxyl groups is 1. The molecule has 1 N–H and O–H groups in total. The summed E-state index contributed by atoms with van der Waals surface area (Å²) in [5.41, 5.74) is -0.610. The highest BCUT2D eigenvalue weighted by atomic mass is 16.7. The van der Waals surface area contributed by atoms with Gasteiger partial charge < -0.3 is 19.3 Å². The van der Waals surface area contributed by atoms with Crippen molar-refractivity contribution in [1.29, 1.82) is 0 Å². The first-order chi connectivity index (χ1) is 7.76. The zero-order chi connectivity index (χ0) is 11.9. The fraction of sp³-hybridized carbons (Fsp3) is 0.833. The predicted molar refractivity (Wildman–Crippen MR) is 59.8 cm³/mol. The van der Waals surface area contributed by atoms with Gasteiger partial charge in [0.25, 0.3) is 0 Å². The normalized spacial score (nSPS) is 24.7. The Balaban J connectivity index is 2.41. The molecule has 0 unspecified atom stereocenters. The van der Waals surface area contributed by atoms with Crippen molar-refractivity contribution >= 4 is 0 Å². The van der Waals surface area contributed by atoms with Crippen LogP contribution in [0.15, 0.2) is 0 Å². The van der Waals surface area contributed by atoms with Crippen LogP contribution in [0.3, 0.4) is 0 Å². The Morgan fingerprint density at radius 1 is 1.56 bits per heavy atom. The second-order valence-electron chi connectivity index (χ2n) is 3.91. The number of aliphatic hydroxyl groups excluding tert-OH is 1. The highest BCUT2D eigenvalue weighted by Gasteiger charge is 2.42. The summed E-state index contributed by atoms with van der Waals surface area (Å²) in [6, 6.07) is 0. The van der Waals surface area contributed by atoms with Gasteiger partial charge in [-0.1, -0.05) is 31.6 Å². The zero-order valence-electron chi connectivity index (χ0n) is 9.99. The molecule has 4 nitrogen and oxygen atoms in total. The maximum Gasteiger partial charge on any atom is 0.174 e. The average Bonchev–Trinajstić information content (AvgIpc) is 3.09. The molecule has 0 spiro atoms. The van der Waals surface area contributed by atoms with Gasteiger partial charge >= 0.3 is 0 Å². The Morgan fingerprint density at radius 2 is 2.31 bits per heavy atom. The molecule has 92 valence electrons. The SMILES string of the molecule is CCCC[C@H](C#C[C@@]1(CO)CO1)OCOC. The van der Waals surface area contributed by atoms with Gasteiger partial charge in [0.1, 0.15) is 12.9 Å². The largest absolute Gasteiger partial charge is 0.392 e. The molecule has 1 saturated heterocycles. The van der Waals surface area contributed by atoms with Crippen LogP contribution in [-0.2, 0) is 14.2 Å². The summed E-state index contributed by atoms with van der Waals surface area (Å²) < 4.78 is 15.4. The molecule has 1 aliphatic rings. The third-order valence-electron chi connectivity index (χ3n) is 2.42. The smallest absolute Gasteiger partial charge is 0.174 e. The Bertz CT molecular complexity index is 241. The molecule has 0 aromatic carbocycles. The summed E-state index contributed by atoms with van der Waals surface area (Å²) in [7, 11) is 1.59. The number of ether oxygens (including phenoxy) is 3. The summed E-state index contributed by atoms with van der Waals surface area (Å²) in [4.78, 5) is 0. The van der Waals surface area contributed by atoms with Gasteiger partial charge in [-0.25, -0.2) is 0 Å². The second kappa shape index (κ2) is 6.87. The van der Waals surface area contributed by atoms with Gasteiger partial charge in [-0.2, -0.15) is 0 Å². The van der Waals surface area contributed by atoms with Crippen LogP contribution in [0.1, 0.15) is 26.2 Å². The Labute approximate surface area is 96.9 Å². The number of epoxide rings is 1. The Hall–Kier alpha value is -0.600. The van der Waals surface area contributed by atoms with Crippen LogP contribution in [0, 0.1) is 11.8 Å². The number of hydrogen-bond acceptors (Lipinski definition) is 4. The van der Waals surface area contributed by atoms with Gasteiger partial charge in [0.2, 0.25) is 0 Å². The van der Waals surface area contributed by atoms with Gasteiger partial charge in [-0.3, -0.25) is 0 Å². The molecule has 16 heavy (non-hydrogen) atoms. The molecular weight excluding hydrogens is 208 g/mol. The third kappa shape index (κ3) is 4.50. The molecule has 1 rings (SSSR count). The van der Waals surface area contributed by atoms with Crippen LogP contribution in [0.4, 0.5) is 0 Å². The topological polar surface area (TPSA) is 51.2 Å². The zero-order valence-corrected chi connectivity index (χ0v) is 9.99. The molecule has 0 radical (unpaired) electrons. The third-order valence-corrected chi connectivity index (χ3v) is 2.42. The molecule has 1 heterocycles. The number of methoxy groups -OCH3 is 1. The van der Waals surface area contributed by atoms with Crippen LogP contribution < -0.4 is 0 Å². The Kier molecular flexibility index (Phi) is 5.78. The monoisotopic (exact) mass is 228 g/mol. The van der Waals surface area contributed by atoms with Crippen molar-refractivity contribution in [1.82, 2.24) is 0 Å². The average molecular weight is 228 g/mol. The van der Waals surface area contributed by atoms with Crippen molar-refractivity contribution in [2.75, 3.05) is 27.1 Å². The van der Waals surface area contributed by atoms with Crippen molar-refractivity contribution in [2.45, 2.75) is 37.9 Å². The molecule has 0 bridgehead atoms. The number of rotatable bonds is 7. The maximum atomic E-state index is 9.03. The summed E-state index contributed by atoms with van der Waals surface area (Å²) in [6.07, 6.45) is 2.92. The van der Waals surface area contributed by atoms with E-state index in [4.69, 9.17) is 19.3 Å². The summed E-state index contributed by atoms with van der Waals surface area (Å²) in [5, 5.41) is 9.03. The van der Waals surface area contributed by atoms with E-state index < -0.39 is 5.60 Å². The summed E-state index contributed by atoms with van der Waals surface area (Å²) in [6.45, 7) is 2.84. The van der Waals surface area contributed by atoms with E-state index in [0.717, 1.165) is 19.3 Å². The van der Waals surface area contributed by atoms with E-state index >= 15 is 0 Å². The van der Waals surface area contributed by atoms with Crippen molar-refractivity contribution in [2.24, 2.45) is 0 Å². The van der Waals surface area contributed by atoms with Gasteiger partial charge in [-0.05, 0) is 6.42 Å². The van der Waals surface area contributed by atoms with E-state index in [2.05, 4.69) is 18.8 Å². The van der Waals surface area contributed by atoms with Crippen LogP contribution >= 0.6 is 0 Å². The predicted octanol–water partition coefficient (Wildman–Crippen LogP) is 0.930. The first kappa shape index (κ1) is 13.5. The van der Waals surface area contributed by atoms with Crippen molar-refractivity contribution in [3.8, 4) is 11.8 Å². The van der Waals surface area contributed by atoms with Crippen molar-refractivity contribution in [3.63, 3.8) is 0 Å². The van der Waals surface area contributed by atoms with E-state index in [1.165, 1.54) is 0 Å². The molecule has 1 aliphatic heterocycles. The lowest BCUT2D eigenvalue weighted by atomic mass is 10.1. The van der Waals surface area contributed by atoms with E-state index in [-0.39, 0.29) is 19.5 Å². The number of unbranched alkanes of at least 4 members (excludes halogenated alkanes) is 1. The lowest BCUT2D eigenvalue weighted by molar-refractivity contribution is -0.0548. The summed E-state index contributed by atoms with van der Waals surface area (Å²) >= 11 is 0. The van der Waals surface area contributed by atoms with E-state index in [0.29, 0.717) is 6.61 Å². The molecule has 0 amide bonds. The first-order valence-corrected chi connectivity index (χ1v) is 5.64. The van der Waals surface area contributed by atoms with E-state index in [1.807, 2.05) is 0 Å². The standard InChI is InChI=1S/C12H20O4/c1-3-4-5-11(15-10-14-2)6-7-12(8-13)9-16-12/h11,13H,3-5,8-10H2,1-2H3/t11-,12-/m1/s1. The first-order valence-electron chi connectivity index (χ1n) is 5.64. The van der Waals surface area contributed by atoms with Gasteiger partial charge in [-0.15, -0.1) is 0 Å². The van der Waals surface area contributed by atoms with Crippen LogP contribution in [0.5, 0.6) is 0 Å². The van der Waals surface area contributed by atoms with Crippen LogP contribution in [-0.4, -0.2) is 43.9 Å². The lowest BCUT2D eigenvalue weighted by Crippen LogP contribution is -2.17. The lowest BCUT2D eigenvalue weighted by Gasteiger charge is -2.10. The minimum Gasteiger partial charge on any atom is -0.392 e. The van der Waals surface area contributed by atoms with Crippen molar-refractivity contribution in [3.05, 3.63) is 0 Å². The quantitative estimate of drug-likeness (QED) is 0.400. The minimum atomic E-state index is -0.610. The van der Waals surface area contributed by atoms with E-state index in [9.17, 15) is 0 Å². The number of hydrogen-bond donors (Lipinski definition) is 1. The molecule has 0 aliphatic carbocycles. The fourth-order valence-corrected chi connectivity index (χ4v) is 1.24. The minimum absolute atomic E-state index is 0.0508. The molecule has 0 saturated carbocycles. The molecule has 2 atom stereocenters. The molecular formula is C12H20O4. The molecule has 0 aromatic rings. The highest BCUT2D eigenvalue weighted by Crippen LogP contribution is 2.24. The molecule has 4 heteroatoms. The maximum absolute atomic E-state index is 9.03. The summed E-state index contributed by atoms with van der Waals surface area (Å²) in [5.74, 6) is 5.94. The van der Waals surface area contributed by atoms with Gasteiger partial charge in [0.05, 0.1) is 13.2 Å².